The number of nitrogens with one attached hydrogen (secondary N) is 2. The van der Waals surface area contributed by atoms with Crippen LogP contribution in [0.1, 0.15) is 28.3 Å². The molecule has 0 heterocycles. The topological polar surface area (TPSA) is 24.1 Å². The number of rotatable bonds is 4. The van der Waals surface area contributed by atoms with Gasteiger partial charge in [-0.2, -0.15) is 13.2 Å². The minimum absolute atomic E-state index is 0.184. The summed E-state index contributed by atoms with van der Waals surface area (Å²) in [5.41, 5.74) is 3.01. The number of halogens is 3. The predicted octanol–water partition coefficient (Wildman–Crippen LogP) is 6.09. The maximum absolute atomic E-state index is 12.7. The van der Waals surface area contributed by atoms with E-state index in [9.17, 15) is 13.2 Å². The van der Waals surface area contributed by atoms with Gasteiger partial charge in [0.1, 0.15) is 0 Å². The van der Waals surface area contributed by atoms with Crippen LogP contribution in [0.25, 0.3) is 0 Å². The zero-order valence-corrected chi connectivity index (χ0v) is 15.9. The molecule has 0 saturated heterocycles. The minimum Gasteiger partial charge on any atom is -0.352 e. The van der Waals surface area contributed by atoms with Gasteiger partial charge < -0.3 is 10.6 Å². The van der Waals surface area contributed by atoms with Gasteiger partial charge in [0.15, 0.2) is 5.11 Å². The summed E-state index contributed by atoms with van der Waals surface area (Å²) in [7, 11) is 0. The first-order valence-corrected chi connectivity index (χ1v) is 9.10. The molecule has 0 aliphatic carbocycles. The summed E-state index contributed by atoms with van der Waals surface area (Å²) in [4.78, 5) is 0. The van der Waals surface area contributed by atoms with Crippen molar-refractivity contribution < 1.29 is 13.2 Å². The Morgan fingerprint density at radius 3 is 1.96 bits per heavy atom. The Morgan fingerprint density at radius 2 is 1.39 bits per heavy atom. The van der Waals surface area contributed by atoms with Gasteiger partial charge in [0.2, 0.25) is 0 Å². The fourth-order valence-electron chi connectivity index (χ4n) is 2.80. The summed E-state index contributed by atoms with van der Waals surface area (Å²) in [5.74, 6) is 0. The molecule has 3 aromatic rings. The third-order valence-electron chi connectivity index (χ3n) is 4.29. The highest BCUT2D eigenvalue weighted by atomic mass is 32.1. The highest BCUT2D eigenvalue weighted by Crippen LogP contribution is 2.30. The van der Waals surface area contributed by atoms with Gasteiger partial charge >= 0.3 is 6.18 Å². The van der Waals surface area contributed by atoms with Crippen LogP contribution in [0.4, 0.5) is 18.9 Å². The third kappa shape index (κ3) is 5.10. The van der Waals surface area contributed by atoms with Gasteiger partial charge in [-0.25, -0.2) is 0 Å². The van der Waals surface area contributed by atoms with Gasteiger partial charge in [0.25, 0.3) is 0 Å². The van der Waals surface area contributed by atoms with Crippen LogP contribution >= 0.6 is 12.2 Å². The molecular weight excluding hydrogens is 381 g/mol. The molecule has 1 atom stereocenters. The van der Waals surface area contributed by atoms with Crippen LogP contribution in [0.2, 0.25) is 0 Å². The lowest BCUT2D eigenvalue weighted by Gasteiger charge is -2.22. The van der Waals surface area contributed by atoms with Gasteiger partial charge in [0, 0.05) is 5.69 Å². The van der Waals surface area contributed by atoms with Crippen LogP contribution in [0.15, 0.2) is 78.9 Å². The van der Waals surface area contributed by atoms with E-state index in [0.29, 0.717) is 10.8 Å². The summed E-state index contributed by atoms with van der Waals surface area (Å²) in [6.45, 7) is 2.02. The first-order chi connectivity index (χ1) is 13.3. The van der Waals surface area contributed by atoms with E-state index in [1.807, 2.05) is 61.5 Å². The maximum Gasteiger partial charge on any atom is 0.416 e. The minimum atomic E-state index is -4.36. The Kier molecular flexibility index (Phi) is 5.99. The average molecular weight is 400 g/mol. The van der Waals surface area contributed by atoms with Gasteiger partial charge in [-0.15, -0.1) is 0 Å². The monoisotopic (exact) mass is 400 g/mol. The normalized spacial score (nSPS) is 12.3. The average Bonchev–Trinajstić information content (AvgIpc) is 2.67. The van der Waals surface area contributed by atoms with Gasteiger partial charge in [-0.1, -0.05) is 60.2 Å². The summed E-state index contributed by atoms with van der Waals surface area (Å²) in [6.07, 6.45) is -4.36. The number of hydrogen-bond donors (Lipinski definition) is 2. The molecule has 6 heteroatoms. The molecule has 3 rings (SSSR count). The number of hydrogen-bond acceptors (Lipinski definition) is 1. The van der Waals surface area contributed by atoms with Crippen LogP contribution in [0.3, 0.4) is 0 Å². The Balaban J connectivity index is 1.77. The second-order valence-corrected chi connectivity index (χ2v) is 6.84. The molecule has 144 valence electrons. The van der Waals surface area contributed by atoms with Gasteiger partial charge in [0.05, 0.1) is 11.6 Å². The van der Waals surface area contributed by atoms with Crippen LogP contribution in [0, 0.1) is 6.92 Å². The van der Waals surface area contributed by atoms with E-state index in [1.165, 1.54) is 12.1 Å². The molecule has 0 aliphatic heterocycles. The van der Waals surface area contributed by atoms with Crippen LogP contribution in [0.5, 0.6) is 0 Å². The molecule has 0 saturated carbocycles. The number of alkyl halides is 3. The Morgan fingerprint density at radius 1 is 0.821 bits per heavy atom. The highest BCUT2D eigenvalue weighted by molar-refractivity contribution is 7.80. The molecule has 0 aliphatic rings. The van der Waals surface area contributed by atoms with E-state index in [2.05, 4.69) is 10.6 Å². The van der Waals surface area contributed by atoms with E-state index < -0.39 is 11.7 Å². The van der Waals surface area contributed by atoms with Crippen molar-refractivity contribution in [2.75, 3.05) is 5.32 Å². The quantitative estimate of drug-likeness (QED) is 0.518. The predicted molar refractivity (Wildman–Crippen MR) is 110 cm³/mol. The van der Waals surface area contributed by atoms with Crippen molar-refractivity contribution in [3.8, 4) is 0 Å². The molecule has 2 N–H and O–H groups in total. The SMILES string of the molecule is Cc1ccc([C@@H](NC(=S)Nc2ccc(C(F)(F)F)cc2)c2ccccc2)cc1. The molecule has 0 aromatic heterocycles. The van der Waals surface area contributed by atoms with Crippen LogP contribution in [-0.2, 0) is 6.18 Å². The van der Waals surface area contributed by atoms with E-state index in [-0.39, 0.29) is 6.04 Å². The van der Waals surface area contributed by atoms with Crippen LogP contribution < -0.4 is 10.6 Å². The Labute approximate surface area is 167 Å². The van der Waals surface area contributed by atoms with Crippen molar-refractivity contribution in [1.82, 2.24) is 5.32 Å². The molecular formula is C22H19F3N2S. The Hall–Kier alpha value is -2.86. The summed E-state index contributed by atoms with van der Waals surface area (Å²) in [5, 5.41) is 6.54. The second-order valence-electron chi connectivity index (χ2n) is 6.43. The Bertz CT molecular complexity index is 921. The zero-order valence-electron chi connectivity index (χ0n) is 15.1. The summed E-state index contributed by atoms with van der Waals surface area (Å²) < 4.78 is 38.1. The van der Waals surface area contributed by atoms with Crippen molar-refractivity contribution in [2.24, 2.45) is 0 Å². The number of aryl methyl sites for hydroxylation is 1. The van der Waals surface area contributed by atoms with Crippen molar-refractivity contribution in [3.63, 3.8) is 0 Å². The molecule has 0 radical (unpaired) electrons. The largest absolute Gasteiger partial charge is 0.416 e. The van der Waals surface area contributed by atoms with Crippen molar-refractivity contribution in [1.29, 1.82) is 0 Å². The molecule has 28 heavy (non-hydrogen) atoms. The first-order valence-electron chi connectivity index (χ1n) is 8.69. The number of anilines is 1. The van der Waals surface area contributed by atoms with E-state index >= 15 is 0 Å². The highest BCUT2D eigenvalue weighted by Gasteiger charge is 2.30. The maximum atomic E-state index is 12.7. The zero-order chi connectivity index (χ0) is 20.1. The fraction of sp³-hybridized carbons (Fsp3) is 0.136. The lowest BCUT2D eigenvalue weighted by atomic mass is 9.98. The fourth-order valence-corrected chi connectivity index (χ4v) is 3.04. The molecule has 0 fully saturated rings. The van der Waals surface area contributed by atoms with Crippen molar-refractivity contribution >= 4 is 23.0 Å². The van der Waals surface area contributed by atoms with Gasteiger partial charge in [-0.3, -0.25) is 0 Å². The summed E-state index contributed by atoms with van der Waals surface area (Å²) in [6, 6.07) is 22.5. The first kappa shape index (κ1) is 19.9. The van der Waals surface area contributed by atoms with E-state index in [1.54, 1.807) is 0 Å². The molecule has 0 amide bonds. The number of thiocarbonyl (C=S) groups is 1. The smallest absolute Gasteiger partial charge is 0.352 e. The second kappa shape index (κ2) is 8.44. The van der Waals surface area contributed by atoms with E-state index in [4.69, 9.17) is 12.2 Å². The molecule has 3 aromatic carbocycles. The van der Waals surface area contributed by atoms with Gasteiger partial charge in [-0.05, 0) is 54.5 Å². The lowest BCUT2D eigenvalue weighted by molar-refractivity contribution is -0.137. The van der Waals surface area contributed by atoms with E-state index in [0.717, 1.165) is 28.8 Å². The molecule has 0 spiro atoms. The standard InChI is InChI=1S/C22H19F3N2S/c1-15-7-9-17(10-8-15)20(16-5-3-2-4-6-16)27-21(28)26-19-13-11-18(12-14-19)22(23,24)25/h2-14,20H,1H3,(H2,26,27,28)/t20-/m0/s1. The van der Waals surface area contributed by atoms with Crippen LogP contribution in [-0.4, -0.2) is 5.11 Å². The third-order valence-corrected chi connectivity index (χ3v) is 4.51. The lowest BCUT2D eigenvalue weighted by Crippen LogP contribution is -2.33. The molecule has 0 bridgehead atoms. The molecule has 0 unspecified atom stereocenters. The summed E-state index contributed by atoms with van der Waals surface area (Å²) >= 11 is 5.40. The van der Waals surface area contributed by atoms with Crippen molar-refractivity contribution in [3.05, 3.63) is 101 Å². The number of benzene rings is 3. The molecule has 2 nitrogen and oxygen atoms in total. The van der Waals surface area contributed by atoms with Crippen molar-refractivity contribution in [2.45, 2.75) is 19.1 Å².